The average Bonchev–Trinajstić information content (AvgIpc) is 3.20. The quantitative estimate of drug-likeness (QED) is 0.351. The summed E-state index contributed by atoms with van der Waals surface area (Å²) in [6.45, 7) is 1.87. The molecule has 138 valence electrons. The van der Waals surface area contributed by atoms with Crippen molar-refractivity contribution >= 4 is 47.8 Å². The molecule has 0 fully saturated rings. The number of nitrogens with zero attached hydrogens (tertiary/aromatic N) is 1. The molecule has 0 aliphatic rings. The molecule has 0 unspecified atom stereocenters. The predicted octanol–water partition coefficient (Wildman–Crippen LogP) is 5.34. The first kappa shape index (κ1) is 18.9. The molecule has 0 spiro atoms. The lowest BCUT2D eigenvalue weighted by Crippen LogP contribution is -2.26. The van der Waals surface area contributed by atoms with Crippen LogP contribution in [-0.2, 0) is 0 Å². The first-order chi connectivity index (χ1) is 12.9. The van der Waals surface area contributed by atoms with Crippen LogP contribution in [0.15, 0.2) is 65.3 Å². The lowest BCUT2D eigenvalue weighted by atomic mass is 10.2. The zero-order valence-corrected chi connectivity index (χ0v) is 15.8. The van der Waals surface area contributed by atoms with Gasteiger partial charge in [0.2, 0.25) is 5.76 Å². The highest BCUT2D eigenvalue weighted by Gasteiger charge is 2.15. The first-order valence-corrected chi connectivity index (χ1v) is 8.64. The second kappa shape index (κ2) is 8.20. The van der Waals surface area contributed by atoms with E-state index in [1.807, 2.05) is 13.0 Å². The molecule has 0 aliphatic heterocycles. The van der Waals surface area contributed by atoms with Gasteiger partial charge in [0.15, 0.2) is 0 Å². The van der Waals surface area contributed by atoms with Gasteiger partial charge in [-0.1, -0.05) is 30.5 Å². The molecule has 0 aliphatic carbocycles. The van der Waals surface area contributed by atoms with Gasteiger partial charge in [-0.25, -0.2) is 13.9 Å². The van der Waals surface area contributed by atoms with Crippen molar-refractivity contribution in [3.05, 3.63) is 77.2 Å². The molecule has 8 heteroatoms. The van der Waals surface area contributed by atoms with Crippen molar-refractivity contribution in [1.82, 2.24) is 0 Å². The van der Waals surface area contributed by atoms with Crippen LogP contribution in [0.25, 0.3) is 0 Å². The second-order valence-electron chi connectivity index (χ2n) is 5.57. The summed E-state index contributed by atoms with van der Waals surface area (Å²) in [6.07, 6.45) is 1.39. The number of esters is 1. The number of halogens is 1. The number of aryl methyl sites for hydroxylation is 1. The molecule has 0 saturated carbocycles. The number of anilines is 2. The molecule has 2 aromatic carbocycles. The van der Waals surface area contributed by atoms with E-state index in [1.165, 1.54) is 12.3 Å². The van der Waals surface area contributed by atoms with Crippen LogP contribution < -0.4 is 14.4 Å². The van der Waals surface area contributed by atoms with Crippen molar-refractivity contribution in [2.24, 2.45) is 0 Å². The molecule has 2 amide bonds. The van der Waals surface area contributed by atoms with Crippen molar-refractivity contribution in [3.8, 4) is 5.75 Å². The maximum absolute atomic E-state index is 12.3. The zero-order valence-electron chi connectivity index (χ0n) is 14.2. The molecule has 0 bridgehead atoms. The summed E-state index contributed by atoms with van der Waals surface area (Å²) in [5.74, 6) is -0.192. The summed E-state index contributed by atoms with van der Waals surface area (Å²) in [5.41, 5.74) is 1.96. The van der Waals surface area contributed by atoms with Gasteiger partial charge in [-0.05, 0) is 61.0 Å². The SMILES string of the molecule is Cc1ccc(NC(=O)N(S)c2ccc(OC(=O)c3ccco3)cc2)cc1Cl. The Morgan fingerprint density at radius 1 is 1.15 bits per heavy atom. The fraction of sp³-hybridized carbons (Fsp3) is 0.0526. The summed E-state index contributed by atoms with van der Waals surface area (Å²) in [7, 11) is 0. The van der Waals surface area contributed by atoms with E-state index in [0.717, 1.165) is 9.87 Å². The number of rotatable bonds is 4. The predicted molar refractivity (Wildman–Crippen MR) is 107 cm³/mol. The van der Waals surface area contributed by atoms with Gasteiger partial charge in [-0.2, -0.15) is 0 Å². The zero-order chi connectivity index (χ0) is 19.4. The Kier molecular flexibility index (Phi) is 5.73. The van der Waals surface area contributed by atoms with E-state index >= 15 is 0 Å². The Balaban J connectivity index is 1.64. The Labute approximate surface area is 166 Å². The van der Waals surface area contributed by atoms with E-state index in [9.17, 15) is 9.59 Å². The third-order valence-electron chi connectivity index (χ3n) is 3.63. The van der Waals surface area contributed by atoms with Gasteiger partial charge in [0.25, 0.3) is 0 Å². The van der Waals surface area contributed by atoms with E-state index in [4.69, 9.17) is 20.8 Å². The molecule has 0 saturated heterocycles. The van der Waals surface area contributed by atoms with Crippen LogP contribution in [0.1, 0.15) is 16.1 Å². The molecular formula is C19H15ClN2O4S. The largest absolute Gasteiger partial charge is 0.457 e. The van der Waals surface area contributed by atoms with Crippen molar-refractivity contribution in [2.45, 2.75) is 6.92 Å². The number of ether oxygens (including phenoxy) is 1. The maximum Gasteiger partial charge on any atom is 0.379 e. The van der Waals surface area contributed by atoms with Crippen LogP contribution in [0.5, 0.6) is 5.75 Å². The Bertz CT molecular complexity index is 958. The number of urea groups is 1. The lowest BCUT2D eigenvalue weighted by Gasteiger charge is -2.17. The molecule has 0 atom stereocenters. The van der Waals surface area contributed by atoms with Crippen molar-refractivity contribution in [1.29, 1.82) is 0 Å². The molecule has 1 aromatic heterocycles. The van der Waals surface area contributed by atoms with Crippen LogP contribution in [0, 0.1) is 6.92 Å². The number of hydrogen-bond acceptors (Lipinski definition) is 5. The molecule has 1 heterocycles. The van der Waals surface area contributed by atoms with E-state index in [-0.39, 0.29) is 5.76 Å². The van der Waals surface area contributed by atoms with Gasteiger partial charge in [0, 0.05) is 10.7 Å². The summed E-state index contributed by atoms with van der Waals surface area (Å²) >= 11 is 10.3. The third-order valence-corrected chi connectivity index (χ3v) is 4.45. The number of benzene rings is 2. The van der Waals surface area contributed by atoms with Crippen molar-refractivity contribution < 1.29 is 18.7 Å². The topological polar surface area (TPSA) is 71.8 Å². The lowest BCUT2D eigenvalue weighted by molar-refractivity contribution is 0.0701. The van der Waals surface area contributed by atoms with E-state index in [2.05, 4.69) is 18.1 Å². The van der Waals surface area contributed by atoms with Crippen LogP contribution in [0.2, 0.25) is 5.02 Å². The Hall–Kier alpha value is -2.90. The number of hydrogen-bond donors (Lipinski definition) is 2. The Morgan fingerprint density at radius 3 is 2.52 bits per heavy atom. The third kappa shape index (κ3) is 4.64. The Morgan fingerprint density at radius 2 is 1.89 bits per heavy atom. The number of nitrogens with one attached hydrogen (secondary N) is 1. The van der Waals surface area contributed by atoms with Gasteiger partial charge in [-0.15, -0.1) is 0 Å². The summed E-state index contributed by atoms with van der Waals surface area (Å²) in [5, 5.41) is 3.26. The highest BCUT2D eigenvalue weighted by molar-refractivity contribution is 7.82. The second-order valence-corrected chi connectivity index (χ2v) is 6.37. The van der Waals surface area contributed by atoms with Crippen LogP contribution in [0.4, 0.5) is 16.2 Å². The molecule has 3 rings (SSSR count). The molecule has 27 heavy (non-hydrogen) atoms. The minimum atomic E-state index is -0.607. The van der Waals surface area contributed by atoms with Crippen LogP contribution in [0.3, 0.4) is 0 Å². The monoisotopic (exact) mass is 402 g/mol. The van der Waals surface area contributed by atoms with Gasteiger partial charge in [0.1, 0.15) is 5.75 Å². The highest BCUT2D eigenvalue weighted by Crippen LogP contribution is 2.24. The molecule has 1 N–H and O–H groups in total. The van der Waals surface area contributed by atoms with Gasteiger partial charge in [0.05, 0.1) is 12.0 Å². The van der Waals surface area contributed by atoms with Crippen LogP contribution >= 0.6 is 24.4 Å². The minimum absolute atomic E-state index is 0.103. The van der Waals surface area contributed by atoms with Crippen molar-refractivity contribution in [3.63, 3.8) is 0 Å². The smallest absolute Gasteiger partial charge is 0.379 e. The number of amides is 2. The van der Waals surface area contributed by atoms with Crippen LogP contribution in [-0.4, -0.2) is 12.0 Å². The number of furan rings is 1. The van der Waals surface area contributed by atoms with E-state index in [0.29, 0.717) is 22.1 Å². The molecular weight excluding hydrogens is 388 g/mol. The van der Waals surface area contributed by atoms with Gasteiger partial charge in [-0.3, -0.25) is 0 Å². The average molecular weight is 403 g/mol. The minimum Gasteiger partial charge on any atom is -0.457 e. The van der Waals surface area contributed by atoms with Crippen molar-refractivity contribution in [2.75, 3.05) is 9.62 Å². The highest BCUT2D eigenvalue weighted by atomic mass is 35.5. The van der Waals surface area contributed by atoms with Gasteiger partial charge >= 0.3 is 12.0 Å². The maximum atomic E-state index is 12.3. The number of carbonyl (C=O) groups is 2. The molecule has 3 aromatic rings. The number of carbonyl (C=O) groups excluding carboxylic acids is 2. The fourth-order valence-corrected chi connectivity index (χ4v) is 2.54. The summed E-state index contributed by atoms with van der Waals surface area (Å²) < 4.78 is 11.3. The number of thiol groups is 1. The first-order valence-electron chi connectivity index (χ1n) is 7.86. The summed E-state index contributed by atoms with van der Waals surface area (Å²) in [6, 6.07) is 14.2. The summed E-state index contributed by atoms with van der Waals surface area (Å²) in [4.78, 5) is 24.2. The van der Waals surface area contributed by atoms with E-state index in [1.54, 1.807) is 42.5 Å². The van der Waals surface area contributed by atoms with Gasteiger partial charge < -0.3 is 14.5 Å². The molecule has 0 radical (unpaired) electrons. The standard InChI is InChI=1S/C19H15ClN2O4S/c1-12-4-5-13(11-16(12)20)21-19(24)22(27)14-6-8-15(9-7-14)26-18(23)17-3-2-10-25-17/h2-11,27H,1H3,(H,21,24). The molecule has 6 nitrogen and oxygen atoms in total. The van der Waals surface area contributed by atoms with E-state index < -0.39 is 12.0 Å². The fourth-order valence-electron chi connectivity index (χ4n) is 2.17. The normalized spacial score (nSPS) is 10.3.